The molecule has 0 unspecified atom stereocenters. The molecule has 51 heavy (non-hydrogen) atoms. The average Bonchev–Trinajstić information content (AvgIpc) is 3.13. The minimum atomic E-state index is 0.193. The molecule has 4 nitrogen and oxygen atoms in total. The van der Waals surface area contributed by atoms with Crippen molar-refractivity contribution in [2.75, 3.05) is 0 Å². The maximum atomic E-state index is 9.27. The van der Waals surface area contributed by atoms with Crippen molar-refractivity contribution in [3.8, 4) is 22.3 Å². The van der Waals surface area contributed by atoms with Crippen molar-refractivity contribution in [2.45, 2.75) is 40.5 Å². The lowest BCUT2D eigenvalue weighted by Gasteiger charge is -2.25. The van der Waals surface area contributed by atoms with E-state index in [-0.39, 0.29) is 5.71 Å². The molecule has 0 heterocycles. The molecule has 6 aromatic rings. The van der Waals surface area contributed by atoms with Gasteiger partial charge in [-0.1, -0.05) is 149 Å². The highest BCUT2D eigenvalue weighted by atomic mass is 32.1. The largest absolute Gasteiger partial charge is 0.396 e. The first-order valence-electron chi connectivity index (χ1n) is 17.7. The molecule has 0 aromatic heterocycles. The van der Waals surface area contributed by atoms with Gasteiger partial charge in [-0.15, -0.1) is 0 Å². The third kappa shape index (κ3) is 6.39. The first-order valence-corrected chi connectivity index (χ1v) is 18.1. The lowest BCUT2D eigenvalue weighted by molar-refractivity contribution is 0.650. The van der Waals surface area contributed by atoms with Crippen LogP contribution < -0.4 is 11.5 Å². The van der Waals surface area contributed by atoms with Gasteiger partial charge in [-0.2, -0.15) is 0 Å². The number of allylic oxidation sites excluding steroid dienone is 2. The number of hydrogen-bond acceptors (Lipinski definition) is 5. The second kappa shape index (κ2) is 14.1. The zero-order valence-corrected chi connectivity index (χ0v) is 30.6. The number of thiol groups is 1. The molecule has 0 saturated heterocycles. The van der Waals surface area contributed by atoms with Gasteiger partial charge in [-0.05, 0) is 104 Å². The van der Waals surface area contributed by atoms with Crippen LogP contribution in [0.1, 0.15) is 49.9 Å². The summed E-state index contributed by atoms with van der Waals surface area (Å²) < 4.78 is 4.29. The van der Waals surface area contributed by atoms with Crippen molar-refractivity contribution in [1.29, 1.82) is 5.41 Å². The molecule has 1 aliphatic rings. The fourth-order valence-electron chi connectivity index (χ4n) is 7.56. The maximum Gasteiger partial charge on any atom is 0.107 e. The summed E-state index contributed by atoms with van der Waals surface area (Å²) in [6.07, 6.45) is 2.07. The van der Waals surface area contributed by atoms with Crippen LogP contribution in [0.2, 0.25) is 0 Å². The molecule has 254 valence electrons. The third-order valence-corrected chi connectivity index (χ3v) is 10.1. The Hall–Kier alpha value is -5.39. The molecule has 5 N–H and O–H groups in total. The highest BCUT2D eigenvalue weighted by Gasteiger charge is 2.30. The van der Waals surface area contributed by atoms with E-state index < -0.39 is 0 Å². The van der Waals surface area contributed by atoms with Crippen molar-refractivity contribution in [3.05, 3.63) is 155 Å². The Balaban J connectivity index is 1.23. The predicted molar refractivity (Wildman–Crippen MR) is 222 cm³/mol. The molecule has 0 saturated carbocycles. The maximum absolute atomic E-state index is 9.27. The second-order valence-corrected chi connectivity index (χ2v) is 14.6. The molecule has 0 spiro atoms. The molecule has 6 aromatic carbocycles. The highest BCUT2D eigenvalue weighted by molar-refractivity contribution is 7.79. The Morgan fingerprint density at radius 1 is 0.510 bits per heavy atom. The van der Waals surface area contributed by atoms with Gasteiger partial charge in [-0.3, -0.25) is 5.41 Å². The average molecular weight is 685 g/mol. The van der Waals surface area contributed by atoms with Gasteiger partial charge >= 0.3 is 0 Å². The van der Waals surface area contributed by atoms with Gasteiger partial charge < -0.3 is 11.5 Å². The topological polar surface area (TPSA) is 88.2 Å². The van der Waals surface area contributed by atoms with Crippen molar-refractivity contribution in [2.24, 2.45) is 27.7 Å². The van der Waals surface area contributed by atoms with E-state index in [2.05, 4.69) is 142 Å². The summed E-state index contributed by atoms with van der Waals surface area (Å²) in [7, 11) is 0. The zero-order valence-electron chi connectivity index (χ0n) is 29.7. The Kier molecular flexibility index (Phi) is 9.41. The summed E-state index contributed by atoms with van der Waals surface area (Å²) in [5.74, 6) is 1.15. The van der Waals surface area contributed by atoms with Gasteiger partial charge in [0.2, 0.25) is 0 Å². The molecule has 0 amide bonds. The van der Waals surface area contributed by atoms with Crippen LogP contribution in [0, 0.1) is 17.2 Å². The Morgan fingerprint density at radius 3 is 1.29 bits per heavy atom. The summed E-state index contributed by atoms with van der Waals surface area (Å²) in [5, 5.41) is 14.3. The second-order valence-electron chi connectivity index (χ2n) is 14.4. The van der Waals surface area contributed by atoms with Crippen LogP contribution in [0.5, 0.6) is 0 Å². The summed E-state index contributed by atoms with van der Waals surface area (Å²) in [5.41, 5.74) is 25.0. The van der Waals surface area contributed by atoms with E-state index >= 15 is 0 Å². The molecule has 0 bridgehead atoms. The summed E-state index contributed by atoms with van der Waals surface area (Å²) in [4.78, 5) is 0. The van der Waals surface area contributed by atoms with E-state index in [1.54, 1.807) is 0 Å². The molecular formula is C46H44N4S. The van der Waals surface area contributed by atoms with E-state index in [0.717, 1.165) is 35.1 Å². The number of nitrogens with zero attached hydrogens (tertiary/aromatic N) is 1. The molecule has 5 heteroatoms. The zero-order chi connectivity index (χ0) is 35.8. The van der Waals surface area contributed by atoms with E-state index in [0.29, 0.717) is 40.1 Å². The first-order chi connectivity index (χ1) is 24.7. The van der Waals surface area contributed by atoms with Gasteiger partial charge in [-0.25, -0.2) is 4.40 Å². The van der Waals surface area contributed by atoms with Crippen LogP contribution >= 0.6 is 12.8 Å². The monoisotopic (exact) mass is 684 g/mol. The Morgan fingerprint density at radius 2 is 0.882 bits per heavy atom. The molecule has 0 radical (unpaired) electrons. The number of nitrogens with one attached hydrogen (secondary N) is 1. The van der Waals surface area contributed by atoms with Crippen LogP contribution in [0.4, 0.5) is 0 Å². The quantitative estimate of drug-likeness (QED) is 0.0950. The third-order valence-electron chi connectivity index (χ3n) is 9.91. The van der Waals surface area contributed by atoms with Crippen molar-refractivity contribution in [1.82, 2.24) is 0 Å². The number of benzene rings is 6. The standard InChI is InChI=1S/C46H44N4S/c1-27(2)25-33-21-23-37(39-11-7-5-9-35(33)39)29-13-17-31(18-14-29)41-43(47)44(48)42(46(50-51)45(41)49)32-19-15-30(16-20-32)38-24-22-34(26-28(3)4)36-10-6-8-12-40(36)38/h5-24,27-28,49,51H,25-26,47-48H2,1-4H3. The van der Waals surface area contributed by atoms with E-state index in [4.69, 9.17) is 11.5 Å². The van der Waals surface area contributed by atoms with Crippen molar-refractivity contribution < 1.29 is 0 Å². The van der Waals surface area contributed by atoms with Gasteiger partial charge in [0.15, 0.2) is 0 Å². The van der Waals surface area contributed by atoms with Crippen LogP contribution in [-0.2, 0) is 12.8 Å². The number of rotatable bonds is 8. The van der Waals surface area contributed by atoms with E-state index in [9.17, 15) is 5.41 Å². The van der Waals surface area contributed by atoms with Crippen LogP contribution in [0.15, 0.2) is 137 Å². The van der Waals surface area contributed by atoms with Gasteiger partial charge in [0, 0.05) is 11.1 Å². The van der Waals surface area contributed by atoms with Gasteiger partial charge in [0.25, 0.3) is 0 Å². The van der Waals surface area contributed by atoms with E-state index in [1.807, 2.05) is 24.3 Å². The SMILES string of the molecule is CC(C)Cc1ccc(-c2ccc(C3=C(N)C(N)=C(c4ccc(-c5ccc(CC(C)C)c6ccccc56)cc4)C(=NS)C3=N)cc2)c2ccccc12. The van der Waals surface area contributed by atoms with E-state index in [1.165, 1.54) is 43.8 Å². The van der Waals surface area contributed by atoms with Crippen LogP contribution in [0.3, 0.4) is 0 Å². The van der Waals surface area contributed by atoms with Crippen molar-refractivity contribution in [3.63, 3.8) is 0 Å². The molecule has 0 fully saturated rings. The molecule has 7 rings (SSSR count). The summed E-state index contributed by atoms with van der Waals surface area (Å²) >= 11 is 4.33. The minimum absolute atomic E-state index is 0.193. The van der Waals surface area contributed by atoms with Crippen LogP contribution in [0.25, 0.3) is 54.9 Å². The number of hydrogen-bond donors (Lipinski definition) is 4. The number of fused-ring (bicyclic) bond motifs is 2. The van der Waals surface area contributed by atoms with Gasteiger partial charge in [0.05, 0.1) is 17.1 Å². The highest BCUT2D eigenvalue weighted by Crippen LogP contribution is 2.38. The molecule has 0 atom stereocenters. The summed E-state index contributed by atoms with van der Waals surface area (Å²) in [6.45, 7) is 9.02. The lowest BCUT2D eigenvalue weighted by atomic mass is 9.82. The first kappa shape index (κ1) is 34.1. The minimum Gasteiger partial charge on any atom is -0.396 e. The number of nitrogens with two attached hydrogens (primary N) is 2. The van der Waals surface area contributed by atoms with Gasteiger partial charge in [0.1, 0.15) is 5.71 Å². The molecular weight excluding hydrogens is 641 g/mol. The smallest absolute Gasteiger partial charge is 0.107 e. The van der Waals surface area contributed by atoms with Crippen molar-refractivity contribution >= 4 is 56.9 Å². The predicted octanol–water partition coefficient (Wildman–Crippen LogP) is 11.1. The van der Waals surface area contributed by atoms with Crippen LogP contribution in [-0.4, -0.2) is 11.4 Å². The summed E-state index contributed by atoms with van der Waals surface area (Å²) in [6, 6.07) is 42.7. The lowest BCUT2D eigenvalue weighted by Crippen LogP contribution is -2.30. The Labute approximate surface area is 306 Å². The molecule has 1 aliphatic carbocycles. The normalized spacial score (nSPS) is 14.6. The Bertz CT molecular complexity index is 2390. The fourth-order valence-corrected chi connectivity index (χ4v) is 7.76. The fraction of sp³-hybridized carbons (Fsp3) is 0.174. The molecule has 0 aliphatic heterocycles.